The van der Waals surface area contributed by atoms with Gasteiger partial charge >= 0.3 is 0 Å². The van der Waals surface area contributed by atoms with Crippen molar-refractivity contribution < 1.29 is 9.53 Å². The molecule has 3 aromatic rings. The molecule has 1 aliphatic rings. The molecule has 172 valence electrons. The number of ether oxygens (including phenoxy) is 1. The summed E-state index contributed by atoms with van der Waals surface area (Å²) in [5.41, 5.74) is 4.19. The molecule has 5 nitrogen and oxygen atoms in total. The summed E-state index contributed by atoms with van der Waals surface area (Å²) in [6, 6.07) is 20.7. The molecule has 4 rings (SSSR count). The number of carbonyl (C=O) groups is 1. The van der Waals surface area contributed by atoms with E-state index in [-0.39, 0.29) is 5.91 Å². The van der Waals surface area contributed by atoms with Crippen LogP contribution in [-0.2, 0) is 17.8 Å². The van der Waals surface area contributed by atoms with E-state index in [0.29, 0.717) is 6.42 Å². The Labute approximate surface area is 197 Å². The average molecular weight is 444 g/mol. The van der Waals surface area contributed by atoms with Crippen LogP contribution in [0.5, 0.6) is 5.75 Å². The molecule has 1 saturated heterocycles. The van der Waals surface area contributed by atoms with Gasteiger partial charge in [0.15, 0.2) is 0 Å². The van der Waals surface area contributed by atoms with Crippen molar-refractivity contribution in [3.8, 4) is 16.9 Å². The summed E-state index contributed by atoms with van der Waals surface area (Å²) in [7, 11) is 5.44. The molecule has 1 fully saturated rings. The molecule has 1 atom stereocenters. The van der Waals surface area contributed by atoms with Gasteiger partial charge in [0, 0.05) is 45.1 Å². The van der Waals surface area contributed by atoms with Crippen molar-refractivity contribution in [2.75, 3.05) is 34.3 Å². The SMILES string of the molecule is COc1cccc(CN2CCCC(Cc3ccccc3-c3cccnc3)(C(=O)N(C)C)C2)c1. The Balaban J connectivity index is 1.64. The first kappa shape index (κ1) is 23.0. The number of nitrogens with zero attached hydrogens (tertiary/aromatic N) is 3. The lowest BCUT2D eigenvalue weighted by molar-refractivity contribution is -0.143. The van der Waals surface area contributed by atoms with E-state index in [1.54, 1.807) is 18.2 Å². The Kier molecular flexibility index (Phi) is 7.09. The molecule has 2 aromatic carbocycles. The van der Waals surface area contributed by atoms with Gasteiger partial charge in [-0.1, -0.05) is 42.5 Å². The normalized spacial score (nSPS) is 18.6. The van der Waals surface area contributed by atoms with E-state index in [4.69, 9.17) is 4.74 Å². The van der Waals surface area contributed by atoms with Crippen LogP contribution in [-0.4, -0.2) is 55.0 Å². The number of piperidine rings is 1. The van der Waals surface area contributed by atoms with Gasteiger partial charge in [-0.05, 0) is 60.7 Å². The summed E-state index contributed by atoms with van der Waals surface area (Å²) < 4.78 is 5.40. The van der Waals surface area contributed by atoms with E-state index < -0.39 is 5.41 Å². The Bertz CT molecular complexity index is 1080. The smallest absolute Gasteiger partial charge is 0.229 e. The molecule has 0 N–H and O–H groups in total. The standard InChI is InChI=1S/C28H33N3O2/c1-30(2)27(32)28(18-23-10-4-5-13-26(23)24-11-7-15-29-19-24)14-8-16-31(21-28)20-22-9-6-12-25(17-22)33-3/h4-7,9-13,15,17,19H,8,14,16,18,20-21H2,1-3H3. The van der Waals surface area contributed by atoms with E-state index >= 15 is 0 Å². The number of rotatable bonds is 7. The van der Waals surface area contributed by atoms with Crippen molar-refractivity contribution in [3.05, 3.63) is 84.2 Å². The van der Waals surface area contributed by atoms with Crippen LogP contribution in [0.4, 0.5) is 0 Å². The second kappa shape index (κ2) is 10.2. The maximum Gasteiger partial charge on any atom is 0.229 e. The molecule has 0 spiro atoms. The number of amides is 1. The first-order valence-electron chi connectivity index (χ1n) is 11.6. The zero-order valence-corrected chi connectivity index (χ0v) is 19.8. The van der Waals surface area contributed by atoms with Gasteiger partial charge in [0.1, 0.15) is 5.75 Å². The lowest BCUT2D eigenvalue weighted by atomic mass is 9.73. The number of methoxy groups -OCH3 is 1. The van der Waals surface area contributed by atoms with Gasteiger partial charge in [-0.2, -0.15) is 0 Å². The molecule has 0 bridgehead atoms. The molecule has 1 amide bonds. The molecule has 5 heteroatoms. The second-order valence-corrected chi connectivity index (χ2v) is 9.22. The average Bonchev–Trinajstić information content (AvgIpc) is 2.84. The van der Waals surface area contributed by atoms with Gasteiger partial charge in [0.05, 0.1) is 12.5 Å². The van der Waals surface area contributed by atoms with Crippen molar-refractivity contribution in [1.29, 1.82) is 0 Å². The number of hydrogen-bond donors (Lipinski definition) is 0. The fourth-order valence-electron chi connectivity index (χ4n) is 5.10. The van der Waals surface area contributed by atoms with Crippen molar-refractivity contribution in [2.24, 2.45) is 5.41 Å². The number of pyridine rings is 1. The summed E-state index contributed by atoms with van der Waals surface area (Å²) in [5.74, 6) is 1.07. The molecule has 2 heterocycles. The highest BCUT2D eigenvalue weighted by Gasteiger charge is 2.43. The van der Waals surface area contributed by atoms with E-state index in [2.05, 4.69) is 52.3 Å². The Morgan fingerprint density at radius 3 is 2.73 bits per heavy atom. The van der Waals surface area contributed by atoms with Crippen LogP contribution >= 0.6 is 0 Å². The molecule has 0 saturated carbocycles. The van der Waals surface area contributed by atoms with Crippen LogP contribution < -0.4 is 4.74 Å². The van der Waals surface area contributed by atoms with Crippen LogP contribution in [0.2, 0.25) is 0 Å². The van der Waals surface area contributed by atoms with Crippen molar-refractivity contribution in [1.82, 2.24) is 14.8 Å². The highest BCUT2D eigenvalue weighted by atomic mass is 16.5. The van der Waals surface area contributed by atoms with Gasteiger partial charge in [0.2, 0.25) is 5.91 Å². The van der Waals surface area contributed by atoms with E-state index in [9.17, 15) is 4.79 Å². The van der Waals surface area contributed by atoms with E-state index in [1.807, 2.05) is 38.5 Å². The molecule has 0 radical (unpaired) electrons. The number of likely N-dealkylation sites (tertiary alicyclic amines) is 1. The summed E-state index contributed by atoms with van der Waals surface area (Å²) in [6.07, 6.45) is 6.29. The monoisotopic (exact) mass is 443 g/mol. The lowest BCUT2D eigenvalue weighted by Crippen LogP contribution is -2.52. The third kappa shape index (κ3) is 5.25. The quantitative estimate of drug-likeness (QED) is 0.532. The third-order valence-corrected chi connectivity index (χ3v) is 6.57. The number of benzene rings is 2. The first-order valence-corrected chi connectivity index (χ1v) is 11.6. The van der Waals surface area contributed by atoms with E-state index in [0.717, 1.165) is 49.4 Å². The largest absolute Gasteiger partial charge is 0.497 e. The molecular formula is C28H33N3O2. The van der Waals surface area contributed by atoms with E-state index in [1.165, 1.54) is 11.1 Å². The first-order chi connectivity index (χ1) is 16.0. The zero-order valence-electron chi connectivity index (χ0n) is 19.8. The van der Waals surface area contributed by atoms with Crippen LogP contribution in [0.15, 0.2) is 73.1 Å². The maximum absolute atomic E-state index is 13.6. The molecule has 1 aliphatic heterocycles. The minimum Gasteiger partial charge on any atom is -0.497 e. The summed E-state index contributed by atoms with van der Waals surface area (Å²) >= 11 is 0. The predicted octanol–water partition coefficient (Wildman–Crippen LogP) is 4.67. The molecular weight excluding hydrogens is 410 g/mol. The maximum atomic E-state index is 13.6. The van der Waals surface area contributed by atoms with Gasteiger partial charge in [0.25, 0.3) is 0 Å². The Morgan fingerprint density at radius 2 is 1.97 bits per heavy atom. The zero-order chi connectivity index (χ0) is 23.3. The highest BCUT2D eigenvalue weighted by molar-refractivity contribution is 5.83. The summed E-state index contributed by atoms with van der Waals surface area (Å²) in [5, 5.41) is 0. The molecule has 0 aliphatic carbocycles. The number of aromatic nitrogens is 1. The Hall–Kier alpha value is -3.18. The second-order valence-electron chi connectivity index (χ2n) is 9.22. The minimum atomic E-state index is -0.459. The third-order valence-electron chi connectivity index (χ3n) is 6.57. The van der Waals surface area contributed by atoms with Crippen LogP contribution in [0.1, 0.15) is 24.0 Å². The number of carbonyl (C=O) groups excluding carboxylic acids is 1. The van der Waals surface area contributed by atoms with Crippen molar-refractivity contribution in [3.63, 3.8) is 0 Å². The fraction of sp³-hybridized carbons (Fsp3) is 0.357. The predicted molar refractivity (Wildman–Crippen MR) is 132 cm³/mol. The minimum absolute atomic E-state index is 0.207. The van der Waals surface area contributed by atoms with Crippen LogP contribution in [0, 0.1) is 5.41 Å². The fourth-order valence-corrected chi connectivity index (χ4v) is 5.10. The van der Waals surface area contributed by atoms with Crippen LogP contribution in [0.3, 0.4) is 0 Å². The Morgan fingerprint density at radius 1 is 1.12 bits per heavy atom. The summed E-state index contributed by atoms with van der Waals surface area (Å²) in [6.45, 7) is 2.54. The van der Waals surface area contributed by atoms with Gasteiger partial charge in [-0.25, -0.2) is 0 Å². The van der Waals surface area contributed by atoms with Crippen LogP contribution in [0.25, 0.3) is 11.1 Å². The topological polar surface area (TPSA) is 45.7 Å². The van der Waals surface area contributed by atoms with Gasteiger partial charge < -0.3 is 9.64 Å². The molecule has 33 heavy (non-hydrogen) atoms. The molecule has 1 aromatic heterocycles. The lowest BCUT2D eigenvalue weighted by Gasteiger charge is -2.43. The van der Waals surface area contributed by atoms with Crippen molar-refractivity contribution in [2.45, 2.75) is 25.8 Å². The van der Waals surface area contributed by atoms with Gasteiger partial charge in [-0.3, -0.25) is 14.7 Å². The van der Waals surface area contributed by atoms with Crippen molar-refractivity contribution >= 4 is 5.91 Å². The molecule has 1 unspecified atom stereocenters. The summed E-state index contributed by atoms with van der Waals surface area (Å²) in [4.78, 5) is 22.1. The number of hydrogen-bond acceptors (Lipinski definition) is 4. The van der Waals surface area contributed by atoms with Gasteiger partial charge in [-0.15, -0.1) is 0 Å². The highest BCUT2D eigenvalue weighted by Crippen LogP contribution is 2.38.